The van der Waals surface area contributed by atoms with Crippen LogP contribution in [0, 0.1) is 0 Å². The first-order valence-corrected chi connectivity index (χ1v) is 8.73. The molecular weight excluding hydrogens is 300 g/mol. The molecule has 3 rings (SSSR count). The van der Waals surface area contributed by atoms with Crippen LogP contribution >= 0.6 is 0 Å². The molecule has 1 heterocycles. The molecule has 0 unspecified atom stereocenters. The summed E-state index contributed by atoms with van der Waals surface area (Å²) < 4.78 is 26.6. The Labute approximate surface area is 130 Å². The number of hydrogen-bond acceptors (Lipinski definition) is 3. The number of carbonyl (C=O) groups excluding carboxylic acids is 1. The van der Waals surface area contributed by atoms with Crippen LogP contribution in [0.25, 0.3) is 10.8 Å². The number of rotatable bonds is 4. The molecule has 1 aliphatic heterocycles. The summed E-state index contributed by atoms with van der Waals surface area (Å²) in [4.78, 5) is 12.4. The molecule has 0 bridgehead atoms. The summed E-state index contributed by atoms with van der Waals surface area (Å²) in [6.45, 7) is 3.67. The summed E-state index contributed by atoms with van der Waals surface area (Å²) in [7, 11) is -3.66. The maximum atomic E-state index is 12.7. The van der Waals surface area contributed by atoms with E-state index in [9.17, 15) is 13.2 Å². The van der Waals surface area contributed by atoms with Gasteiger partial charge < -0.3 is 5.32 Å². The van der Waals surface area contributed by atoms with Gasteiger partial charge in [0.2, 0.25) is 5.91 Å². The minimum atomic E-state index is -3.66. The number of sulfonamides is 1. The maximum Gasteiger partial charge on any atom is 0.265 e. The van der Waals surface area contributed by atoms with Crippen LogP contribution in [-0.4, -0.2) is 26.9 Å². The highest BCUT2D eigenvalue weighted by molar-refractivity contribution is 7.93. The van der Waals surface area contributed by atoms with E-state index in [1.54, 1.807) is 18.2 Å². The summed E-state index contributed by atoms with van der Waals surface area (Å²) in [5.41, 5.74) is 0.576. The van der Waals surface area contributed by atoms with Crippen LogP contribution in [-0.2, 0) is 14.8 Å². The Morgan fingerprint density at radius 2 is 1.91 bits per heavy atom. The molecule has 1 aliphatic rings. The monoisotopic (exact) mass is 318 g/mol. The Balaban J connectivity index is 2.01. The summed E-state index contributed by atoms with van der Waals surface area (Å²) in [6, 6.07) is 10.6. The third-order valence-electron chi connectivity index (χ3n) is 3.99. The minimum Gasteiger partial charge on any atom is -0.352 e. The van der Waals surface area contributed by atoms with Gasteiger partial charge in [-0.2, -0.15) is 0 Å². The molecule has 0 radical (unpaired) electrons. The highest BCUT2D eigenvalue weighted by atomic mass is 32.2. The van der Waals surface area contributed by atoms with Crippen molar-refractivity contribution in [2.75, 3.05) is 10.8 Å². The average Bonchev–Trinajstić information content (AvgIpc) is 2.71. The van der Waals surface area contributed by atoms with E-state index >= 15 is 0 Å². The number of nitrogens with zero attached hydrogens (tertiary/aromatic N) is 1. The third-order valence-corrected chi connectivity index (χ3v) is 5.79. The SMILES string of the molecule is CC[C@@H](C)NC(=O)CN1c2cccc3cccc(c23)S1(=O)=O. The predicted molar refractivity (Wildman–Crippen MR) is 86.4 cm³/mol. The predicted octanol–water partition coefficient (Wildman–Crippen LogP) is 2.26. The molecule has 0 aromatic heterocycles. The van der Waals surface area contributed by atoms with Gasteiger partial charge in [0.15, 0.2) is 0 Å². The summed E-state index contributed by atoms with van der Waals surface area (Å²) in [5, 5.41) is 4.37. The van der Waals surface area contributed by atoms with Crippen LogP contribution in [0.4, 0.5) is 5.69 Å². The lowest BCUT2D eigenvalue weighted by atomic mass is 10.1. The Kier molecular flexibility index (Phi) is 3.56. The number of anilines is 1. The largest absolute Gasteiger partial charge is 0.352 e. The Morgan fingerprint density at radius 1 is 1.23 bits per heavy atom. The summed E-state index contributed by atoms with van der Waals surface area (Å²) in [5.74, 6) is -0.289. The molecule has 0 spiro atoms. The molecule has 116 valence electrons. The van der Waals surface area contributed by atoms with Crippen molar-refractivity contribution in [1.82, 2.24) is 5.32 Å². The van der Waals surface area contributed by atoms with Crippen molar-refractivity contribution in [2.45, 2.75) is 31.2 Å². The fourth-order valence-corrected chi connectivity index (χ4v) is 4.35. The lowest BCUT2D eigenvalue weighted by molar-refractivity contribution is -0.120. The maximum absolute atomic E-state index is 12.7. The summed E-state index contributed by atoms with van der Waals surface area (Å²) >= 11 is 0. The van der Waals surface area contributed by atoms with Gasteiger partial charge in [-0.1, -0.05) is 31.2 Å². The first kappa shape index (κ1) is 14.8. The van der Waals surface area contributed by atoms with Crippen molar-refractivity contribution < 1.29 is 13.2 Å². The zero-order valence-corrected chi connectivity index (χ0v) is 13.4. The molecule has 2 aromatic carbocycles. The molecule has 1 N–H and O–H groups in total. The normalized spacial score (nSPS) is 16.7. The minimum absolute atomic E-state index is 0.0241. The summed E-state index contributed by atoms with van der Waals surface area (Å²) in [6.07, 6.45) is 0.800. The molecular formula is C16H18N2O3S. The third kappa shape index (κ3) is 2.23. The standard InChI is InChI=1S/C16H18N2O3S/c1-3-11(2)17-15(19)10-18-13-8-4-6-12-7-5-9-14(16(12)13)22(18,20)21/h4-9,11H,3,10H2,1-2H3,(H,17,19)/t11-/m1/s1. The molecule has 2 aromatic rings. The fourth-order valence-electron chi connectivity index (χ4n) is 2.68. The fraction of sp³-hybridized carbons (Fsp3) is 0.312. The quantitative estimate of drug-likeness (QED) is 0.940. The van der Waals surface area contributed by atoms with Crippen LogP contribution in [0.1, 0.15) is 20.3 Å². The molecule has 6 heteroatoms. The molecule has 22 heavy (non-hydrogen) atoms. The van der Waals surface area contributed by atoms with Gasteiger partial charge in [0.05, 0.1) is 10.6 Å². The van der Waals surface area contributed by atoms with Gasteiger partial charge >= 0.3 is 0 Å². The van der Waals surface area contributed by atoms with Crippen LogP contribution in [0.5, 0.6) is 0 Å². The second-order valence-corrected chi connectivity index (χ2v) is 7.35. The van der Waals surface area contributed by atoms with E-state index < -0.39 is 10.0 Å². The smallest absolute Gasteiger partial charge is 0.265 e. The van der Waals surface area contributed by atoms with E-state index in [1.165, 1.54) is 4.31 Å². The van der Waals surface area contributed by atoms with Gasteiger partial charge in [-0.05, 0) is 30.9 Å². The van der Waals surface area contributed by atoms with Crippen LogP contribution in [0.2, 0.25) is 0 Å². The van der Waals surface area contributed by atoms with Gasteiger partial charge in [0.1, 0.15) is 6.54 Å². The van der Waals surface area contributed by atoms with Crippen molar-refractivity contribution in [3.05, 3.63) is 36.4 Å². The molecule has 1 amide bonds. The van der Waals surface area contributed by atoms with E-state index in [0.29, 0.717) is 11.1 Å². The van der Waals surface area contributed by atoms with Crippen LogP contribution in [0.15, 0.2) is 41.3 Å². The van der Waals surface area contributed by atoms with Crippen molar-refractivity contribution in [2.24, 2.45) is 0 Å². The molecule has 0 fully saturated rings. The molecule has 5 nitrogen and oxygen atoms in total. The van der Waals surface area contributed by atoms with Gasteiger partial charge in [-0.25, -0.2) is 8.42 Å². The molecule has 1 atom stereocenters. The number of carbonyl (C=O) groups is 1. The van der Waals surface area contributed by atoms with Gasteiger partial charge in [0, 0.05) is 11.4 Å². The van der Waals surface area contributed by atoms with Crippen molar-refractivity contribution in [3.63, 3.8) is 0 Å². The first-order valence-electron chi connectivity index (χ1n) is 7.29. The zero-order chi connectivity index (χ0) is 15.9. The number of hydrogen-bond donors (Lipinski definition) is 1. The second kappa shape index (κ2) is 5.28. The van der Waals surface area contributed by atoms with E-state index in [0.717, 1.165) is 11.8 Å². The van der Waals surface area contributed by atoms with Gasteiger partial charge in [0.25, 0.3) is 10.0 Å². The first-order chi connectivity index (χ1) is 10.4. The van der Waals surface area contributed by atoms with Crippen molar-refractivity contribution in [1.29, 1.82) is 0 Å². The van der Waals surface area contributed by atoms with E-state index in [1.807, 2.05) is 32.0 Å². The van der Waals surface area contributed by atoms with Crippen molar-refractivity contribution >= 4 is 32.4 Å². The van der Waals surface area contributed by atoms with Crippen molar-refractivity contribution in [3.8, 4) is 0 Å². The lowest BCUT2D eigenvalue weighted by Crippen LogP contribution is -2.42. The number of nitrogens with one attached hydrogen (secondary N) is 1. The van der Waals surface area contributed by atoms with Crippen LogP contribution in [0.3, 0.4) is 0 Å². The van der Waals surface area contributed by atoms with Crippen LogP contribution < -0.4 is 9.62 Å². The second-order valence-electron chi connectivity index (χ2n) is 5.52. The Bertz CT molecular complexity index is 840. The topological polar surface area (TPSA) is 66.5 Å². The van der Waals surface area contributed by atoms with Gasteiger partial charge in [-0.3, -0.25) is 9.10 Å². The Hall–Kier alpha value is -2.08. The van der Waals surface area contributed by atoms with Gasteiger partial charge in [-0.15, -0.1) is 0 Å². The zero-order valence-electron chi connectivity index (χ0n) is 12.5. The molecule has 0 saturated heterocycles. The molecule has 0 saturated carbocycles. The number of benzene rings is 2. The highest BCUT2D eigenvalue weighted by Crippen LogP contribution is 2.41. The van der Waals surface area contributed by atoms with E-state index in [4.69, 9.17) is 0 Å². The van der Waals surface area contributed by atoms with E-state index in [-0.39, 0.29) is 23.4 Å². The molecule has 0 aliphatic carbocycles. The highest BCUT2D eigenvalue weighted by Gasteiger charge is 2.36. The lowest BCUT2D eigenvalue weighted by Gasteiger charge is -2.19. The van der Waals surface area contributed by atoms with E-state index in [2.05, 4.69) is 5.32 Å². The number of amides is 1. The Morgan fingerprint density at radius 3 is 2.59 bits per heavy atom. The average molecular weight is 318 g/mol.